The number of amidine groups is 1. The fourth-order valence-corrected chi connectivity index (χ4v) is 2.62. The lowest BCUT2D eigenvalue weighted by molar-refractivity contribution is 1.13. The fraction of sp³-hybridized carbons (Fsp3) is 0.188. The van der Waals surface area contributed by atoms with Gasteiger partial charge in [-0.05, 0) is 58.2 Å². The van der Waals surface area contributed by atoms with Crippen LogP contribution in [0, 0.1) is 5.41 Å². The molecule has 0 aliphatic heterocycles. The number of rotatable bonds is 4. The number of aryl methyl sites for hydroxylation is 1. The van der Waals surface area contributed by atoms with Gasteiger partial charge in [0.2, 0.25) is 0 Å². The van der Waals surface area contributed by atoms with E-state index in [1.165, 1.54) is 5.56 Å². The van der Waals surface area contributed by atoms with Crippen LogP contribution >= 0.6 is 15.9 Å². The molecule has 104 valence electrons. The number of nitrogens with zero attached hydrogens (tertiary/aromatic N) is 1. The molecule has 2 rings (SSSR count). The molecular weight excluding hydrogens is 314 g/mol. The highest BCUT2D eigenvalue weighted by molar-refractivity contribution is 9.10. The number of anilines is 2. The SMILES string of the molecule is CCc1ccc(N(C)c2ccc(C(=N)N)c(Br)c2)cc1. The summed E-state index contributed by atoms with van der Waals surface area (Å²) in [6.45, 7) is 2.15. The van der Waals surface area contributed by atoms with Crippen molar-refractivity contribution in [1.29, 1.82) is 5.41 Å². The van der Waals surface area contributed by atoms with Gasteiger partial charge in [-0.1, -0.05) is 19.1 Å². The van der Waals surface area contributed by atoms with Gasteiger partial charge in [-0.15, -0.1) is 0 Å². The zero-order valence-corrected chi connectivity index (χ0v) is 13.2. The Hall–Kier alpha value is -1.81. The van der Waals surface area contributed by atoms with Crippen LogP contribution < -0.4 is 10.6 Å². The molecule has 0 saturated heterocycles. The molecule has 0 unspecified atom stereocenters. The Bertz CT molecular complexity index is 620. The van der Waals surface area contributed by atoms with Crippen LogP contribution in [0.4, 0.5) is 11.4 Å². The molecule has 0 atom stereocenters. The lowest BCUT2D eigenvalue weighted by Gasteiger charge is -2.20. The van der Waals surface area contributed by atoms with E-state index in [2.05, 4.69) is 52.0 Å². The second-order valence-electron chi connectivity index (χ2n) is 4.66. The number of nitrogens with two attached hydrogens (primary N) is 1. The maximum Gasteiger partial charge on any atom is 0.123 e. The molecule has 2 aromatic carbocycles. The number of hydrogen-bond donors (Lipinski definition) is 2. The van der Waals surface area contributed by atoms with Gasteiger partial charge in [0.05, 0.1) is 0 Å². The van der Waals surface area contributed by atoms with Crippen LogP contribution in [0.25, 0.3) is 0 Å². The molecule has 0 aliphatic rings. The molecule has 0 saturated carbocycles. The number of nitrogens with one attached hydrogen (secondary N) is 1. The molecule has 0 amide bonds. The third-order valence-electron chi connectivity index (χ3n) is 3.36. The first kappa shape index (κ1) is 14.6. The van der Waals surface area contributed by atoms with Crippen molar-refractivity contribution in [2.75, 3.05) is 11.9 Å². The molecule has 0 bridgehead atoms. The molecule has 4 heteroatoms. The predicted octanol–water partition coefficient (Wildman–Crippen LogP) is 4.06. The first-order valence-corrected chi connectivity index (χ1v) is 7.29. The van der Waals surface area contributed by atoms with E-state index in [4.69, 9.17) is 11.1 Å². The summed E-state index contributed by atoms with van der Waals surface area (Å²) in [6, 6.07) is 14.3. The number of halogens is 1. The molecule has 0 spiro atoms. The molecule has 20 heavy (non-hydrogen) atoms. The van der Waals surface area contributed by atoms with Gasteiger partial charge in [0, 0.05) is 28.5 Å². The summed E-state index contributed by atoms with van der Waals surface area (Å²) in [5, 5.41) is 7.50. The fourth-order valence-electron chi connectivity index (χ4n) is 2.04. The average Bonchev–Trinajstić information content (AvgIpc) is 2.46. The Morgan fingerprint density at radius 1 is 1.15 bits per heavy atom. The van der Waals surface area contributed by atoms with E-state index in [-0.39, 0.29) is 5.84 Å². The quantitative estimate of drug-likeness (QED) is 0.655. The Labute approximate surface area is 128 Å². The van der Waals surface area contributed by atoms with Crippen LogP contribution in [-0.4, -0.2) is 12.9 Å². The highest BCUT2D eigenvalue weighted by atomic mass is 79.9. The highest BCUT2D eigenvalue weighted by Crippen LogP contribution is 2.28. The van der Waals surface area contributed by atoms with E-state index in [9.17, 15) is 0 Å². The molecule has 0 fully saturated rings. The molecule has 0 heterocycles. The lowest BCUT2D eigenvalue weighted by Crippen LogP contribution is -2.13. The molecule has 0 aromatic heterocycles. The van der Waals surface area contributed by atoms with Crippen molar-refractivity contribution in [3.63, 3.8) is 0 Å². The third-order valence-corrected chi connectivity index (χ3v) is 4.02. The zero-order chi connectivity index (χ0) is 14.7. The topological polar surface area (TPSA) is 53.1 Å². The maximum atomic E-state index is 7.50. The zero-order valence-electron chi connectivity index (χ0n) is 11.7. The third kappa shape index (κ3) is 3.02. The van der Waals surface area contributed by atoms with Crippen molar-refractivity contribution in [1.82, 2.24) is 0 Å². The van der Waals surface area contributed by atoms with Crippen LogP contribution in [0.5, 0.6) is 0 Å². The first-order valence-electron chi connectivity index (χ1n) is 6.49. The van der Waals surface area contributed by atoms with Gasteiger partial charge in [0.25, 0.3) is 0 Å². The van der Waals surface area contributed by atoms with Crippen molar-refractivity contribution in [3.8, 4) is 0 Å². The average molecular weight is 332 g/mol. The monoisotopic (exact) mass is 331 g/mol. The number of benzene rings is 2. The van der Waals surface area contributed by atoms with Crippen molar-refractivity contribution in [2.45, 2.75) is 13.3 Å². The van der Waals surface area contributed by atoms with Gasteiger partial charge in [-0.25, -0.2) is 0 Å². The Balaban J connectivity index is 2.30. The van der Waals surface area contributed by atoms with Gasteiger partial charge >= 0.3 is 0 Å². The molecule has 2 aromatic rings. The minimum atomic E-state index is 0.0679. The molecule has 3 N–H and O–H groups in total. The van der Waals surface area contributed by atoms with Crippen LogP contribution in [0.2, 0.25) is 0 Å². The van der Waals surface area contributed by atoms with E-state index in [1.807, 2.05) is 25.2 Å². The van der Waals surface area contributed by atoms with E-state index < -0.39 is 0 Å². The van der Waals surface area contributed by atoms with Crippen LogP contribution in [0.3, 0.4) is 0 Å². The summed E-state index contributed by atoms with van der Waals surface area (Å²) in [5.41, 5.74) is 9.74. The van der Waals surface area contributed by atoms with Gasteiger partial charge in [-0.2, -0.15) is 0 Å². The summed E-state index contributed by atoms with van der Waals surface area (Å²) < 4.78 is 0.833. The van der Waals surface area contributed by atoms with Gasteiger partial charge in [0.15, 0.2) is 0 Å². The van der Waals surface area contributed by atoms with Crippen molar-refractivity contribution < 1.29 is 0 Å². The Morgan fingerprint density at radius 3 is 2.25 bits per heavy atom. The summed E-state index contributed by atoms with van der Waals surface area (Å²) in [6.07, 6.45) is 1.04. The molecule has 0 aliphatic carbocycles. The van der Waals surface area contributed by atoms with E-state index in [0.29, 0.717) is 5.56 Å². The molecule has 3 nitrogen and oxygen atoms in total. The predicted molar refractivity (Wildman–Crippen MR) is 89.0 cm³/mol. The number of hydrogen-bond acceptors (Lipinski definition) is 2. The maximum absolute atomic E-state index is 7.50. The Morgan fingerprint density at radius 2 is 1.75 bits per heavy atom. The van der Waals surface area contributed by atoms with Crippen LogP contribution in [0.1, 0.15) is 18.1 Å². The minimum Gasteiger partial charge on any atom is -0.384 e. The van der Waals surface area contributed by atoms with E-state index in [1.54, 1.807) is 0 Å². The van der Waals surface area contributed by atoms with Crippen molar-refractivity contribution in [2.24, 2.45) is 5.73 Å². The van der Waals surface area contributed by atoms with Crippen molar-refractivity contribution >= 4 is 33.1 Å². The normalized spacial score (nSPS) is 10.3. The second kappa shape index (κ2) is 6.09. The number of nitrogen functional groups attached to an aromatic ring is 1. The standard InChI is InChI=1S/C16H18BrN3/c1-3-11-4-6-12(7-5-11)20(2)13-8-9-14(16(18)19)15(17)10-13/h4-10H,3H2,1-2H3,(H3,18,19). The van der Waals surface area contributed by atoms with E-state index >= 15 is 0 Å². The molecule has 0 radical (unpaired) electrons. The minimum absolute atomic E-state index is 0.0679. The van der Waals surface area contributed by atoms with Crippen molar-refractivity contribution in [3.05, 3.63) is 58.1 Å². The lowest BCUT2D eigenvalue weighted by atomic mass is 10.1. The van der Waals surface area contributed by atoms with Gasteiger partial charge < -0.3 is 10.6 Å². The van der Waals surface area contributed by atoms with Gasteiger partial charge in [0.1, 0.15) is 5.84 Å². The summed E-state index contributed by atoms with van der Waals surface area (Å²) >= 11 is 3.46. The molecular formula is C16H18BrN3. The van der Waals surface area contributed by atoms with Crippen LogP contribution in [0.15, 0.2) is 46.9 Å². The summed E-state index contributed by atoms with van der Waals surface area (Å²) in [4.78, 5) is 2.11. The summed E-state index contributed by atoms with van der Waals surface area (Å²) in [7, 11) is 2.02. The highest BCUT2D eigenvalue weighted by Gasteiger charge is 2.08. The van der Waals surface area contributed by atoms with Crippen LogP contribution in [-0.2, 0) is 6.42 Å². The van der Waals surface area contributed by atoms with E-state index in [0.717, 1.165) is 22.3 Å². The largest absolute Gasteiger partial charge is 0.384 e. The smallest absolute Gasteiger partial charge is 0.123 e. The first-order chi connectivity index (χ1) is 9.52. The summed E-state index contributed by atoms with van der Waals surface area (Å²) in [5.74, 6) is 0.0679. The van der Waals surface area contributed by atoms with Gasteiger partial charge in [-0.3, -0.25) is 5.41 Å². The second-order valence-corrected chi connectivity index (χ2v) is 5.51. The Kier molecular flexibility index (Phi) is 4.45.